The van der Waals surface area contributed by atoms with Crippen molar-refractivity contribution in [1.29, 1.82) is 0 Å². The van der Waals surface area contributed by atoms with Crippen LogP contribution in [0.3, 0.4) is 0 Å². The van der Waals surface area contributed by atoms with Gasteiger partial charge >= 0.3 is 0 Å². The van der Waals surface area contributed by atoms with E-state index in [1.807, 2.05) is 38.1 Å². The molecular formula is C20H20BrFN2O2. The van der Waals surface area contributed by atoms with Crippen LogP contribution in [-0.2, 0) is 15.2 Å². The van der Waals surface area contributed by atoms with Crippen LogP contribution in [0.2, 0.25) is 0 Å². The number of hydrogen-bond donors (Lipinski definition) is 0. The van der Waals surface area contributed by atoms with Gasteiger partial charge in [-0.3, -0.25) is 4.90 Å². The first-order chi connectivity index (χ1) is 12.5. The van der Waals surface area contributed by atoms with Crippen LogP contribution in [-0.4, -0.2) is 36.6 Å². The fourth-order valence-electron chi connectivity index (χ4n) is 3.67. The largest absolute Gasteiger partial charge is 0.477 e. The third kappa shape index (κ3) is 2.86. The normalized spacial score (nSPS) is 22.6. The topological polar surface area (TPSA) is 34.1 Å². The van der Waals surface area contributed by atoms with E-state index in [2.05, 4.69) is 20.8 Å². The Morgan fingerprint density at radius 2 is 2.04 bits per heavy atom. The monoisotopic (exact) mass is 418 g/mol. The Morgan fingerprint density at radius 1 is 1.23 bits per heavy atom. The molecule has 136 valence electrons. The minimum atomic E-state index is -1.02. The molecule has 26 heavy (non-hydrogen) atoms. The van der Waals surface area contributed by atoms with Crippen LogP contribution in [0, 0.1) is 5.82 Å². The Balaban J connectivity index is 1.96. The van der Waals surface area contributed by atoms with Crippen molar-refractivity contribution in [2.24, 2.45) is 4.99 Å². The van der Waals surface area contributed by atoms with Crippen LogP contribution in [0.15, 0.2) is 51.9 Å². The summed E-state index contributed by atoms with van der Waals surface area (Å²) in [7, 11) is 0. The summed E-state index contributed by atoms with van der Waals surface area (Å²) in [5, 5.41) is 0. The molecule has 2 aromatic rings. The number of aliphatic imine (C=N–C) groups is 1. The predicted octanol–water partition coefficient (Wildman–Crippen LogP) is 4.59. The summed E-state index contributed by atoms with van der Waals surface area (Å²) in [5.41, 5.74) is 1.03. The number of hydrogen-bond acceptors (Lipinski definition) is 4. The van der Waals surface area contributed by atoms with Gasteiger partial charge < -0.3 is 9.47 Å². The molecular weight excluding hydrogens is 399 g/mol. The van der Waals surface area contributed by atoms with Crippen LogP contribution >= 0.6 is 15.9 Å². The first kappa shape index (κ1) is 17.6. The molecule has 2 heterocycles. The summed E-state index contributed by atoms with van der Waals surface area (Å²) in [6.07, 6.45) is 0.0112. The predicted molar refractivity (Wildman–Crippen MR) is 102 cm³/mol. The van der Waals surface area contributed by atoms with Gasteiger partial charge in [-0.15, -0.1) is 0 Å². The Labute approximate surface area is 160 Å². The molecule has 0 aliphatic carbocycles. The van der Waals surface area contributed by atoms with Gasteiger partial charge in [-0.25, -0.2) is 9.38 Å². The van der Waals surface area contributed by atoms with E-state index in [1.165, 1.54) is 6.07 Å². The van der Waals surface area contributed by atoms with E-state index in [9.17, 15) is 4.39 Å². The molecule has 0 bridgehead atoms. The quantitative estimate of drug-likeness (QED) is 0.714. The Hall–Kier alpha value is -1.76. The molecule has 2 aromatic carbocycles. The van der Waals surface area contributed by atoms with E-state index in [0.717, 1.165) is 15.7 Å². The van der Waals surface area contributed by atoms with Gasteiger partial charge in [-0.05, 0) is 38.1 Å². The minimum Gasteiger partial charge on any atom is -0.477 e. The maximum absolute atomic E-state index is 14.9. The van der Waals surface area contributed by atoms with Crippen molar-refractivity contribution < 1.29 is 13.9 Å². The first-order valence-electron chi connectivity index (χ1n) is 8.69. The van der Waals surface area contributed by atoms with E-state index in [0.29, 0.717) is 31.2 Å². The van der Waals surface area contributed by atoms with Gasteiger partial charge in [0, 0.05) is 22.1 Å². The lowest BCUT2D eigenvalue weighted by Gasteiger charge is -2.37. The molecule has 0 radical (unpaired) electrons. The maximum atomic E-state index is 14.9. The third-order valence-corrected chi connectivity index (χ3v) is 5.12. The van der Waals surface area contributed by atoms with Gasteiger partial charge in [0.2, 0.25) is 5.90 Å². The van der Waals surface area contributed by atoms with Crippen molar-refractivity contribution in [3.05, 3.63) is 63.9 Å². The molecule has 2 aliphatic heterocycles. The summed E-state index contributed by atoms with van der Waals surface area (Å²) in [6, 6.07) is 12.6. The average molecular weight is 419 g/mol. The highest BCUT2D eigenvalue weighted by Crippen LogP contribution is 2.47. The molecule has 0 aromatic heterocycles. The molecule has 1 atom stereocenters. The summed E-state index contributed by atoms with van der Waals surface area (Å²) in [5.74, 6) is 0.325. The second kappa shape index (κ2) is 6.76. The van der Waals surface area contributed by atoms with Crippen molar-refractivity contribution >= 4 is 27.5 Å². The van der Waals surface area contributed by atoms with Crippen LogP contribution < -0.4 is 0 Å². The molecule has 1 unspecified atom stereocenters. The van der Waals surface area contributed by atoms with Crippen LogP contribution in [0.4, 0.5) is 10.1 Å². The Morgan fingerprint density at radius 3 is 2.81 bits per heavy atom. The van der Waals surface area contributed by atoms with Gasteiger partial charge in [0.05, 0.1) is 24.9 Å². The van der Waals surface area contributed by atoms with Crippen molar-refractivity contribution in [2.75, 3.05) is 19.7 Å². The summed E-state index contributed by atoms with van der Waals surface area (Å²) in [6.45, 7) is 5.58. The maximum Gasteiger partial charge on any atom is 0.203 e. The SMILES string of the molecule is CC(C)OC1=Nc2ccc(Br)cc2C2(c3ccccc3F)OCCN2C1. The van der Waals surface area contributed by atoms with Crippen molar-refractivity contribution in [1.82, 2.24) is 4.90 Å². The molecule has 0 saturated carbocycles. The zero-order chi connectivity index (χ0) is 18.3. The highest BCUT2D eigenvalue weighted by molar-refractivity contribution is 9.10. The van der Waals surface area contributed by atoms with E-state index in [-0.39, 0.29) is 11.9 Å². The number of fused-ring (bicyclic) bond motifs is 3. The molecule has 1 fully saturated rings. The summed E-state index contributed by atoms with van der Waals surface area (Å²) in [4.78, 5) is 6.83. The molecule has 2 aliphatic rings. The number of nitrogens with zero attached hydrogens (tertiary/aromatic N) is 2. The number of ether oxygens (including phenoxy) is 2. The molecule has 0 amide bonds. The van der Waals surface area contributed by atoms with Crippen LogP contribution in [0.5, 0.6) is 0 Å². The fraction of sp³-hybridized carbons (Fsp3) is 0.350. The summed E-state index contributed by atoms with van der Waals surface area (Å²) >= 11 is 3.54. The van der Waals surface area contributed by atoms with Gasteiger partial charge in [-0.2, -0.15) is 0 Å². The highest BCUT2D eigenvalue weighted by Gasteiger charge is 2.50. The van der Waals surface area contributed by atoms with Crippen molar-refractivity contribution in [3.8, 4) is 0 Å². The van der Waals surface area contributed by atoms with Crippen molar-refractivity contribution in [2.45, 2.75) is 25.7 Å². The van der Waals surface area contributed by atoms with Gasteiger partial charge in [-0.1, -0.05) is 34.1 Å². The number of rotatable bonds is 2. The second-order valence-corrected chi connectivity index (χ2v) is 7.64. The highest BCUT2D eigenvalue weighted by atomic mass is 79.9. The van der Waals surface area contributed by atoms with Gasteiger partial charge in [0.15, 0.2) is 5.72 Å². The molecule has 4 nitrogen and oxygen atoms in total. The number of benzene rings is 2. The lowest BCUT2D eigenvalue weighted by atomic mass is 9.91. The smallest absolute Gasteiger partial charge is 0.203 e. The number of halogens is 2. The van der Waals surface area contributed by atoms with E-state index >= 15 is 0 Å². The first-order valence-corrected chi connectivity index (χ1v) is 9.48. The zero-order valence-corrected chi connectivity index (χ0v) is 16.3. The standard InChI is InChI=1S/C20H20BrFN2O2/c1-13(2)26-19-12-24-9-10-25-20(24,15-5-3-4-6-17(15)22)16-11-14(21)7-8-18(16)23-19/h3-8,11,13H,9-10,12H2,1-2H3. The third-order valence-electron chi connectivity index (χ3n) is 4.62. The molecule has 0 N–H and O–H groups in total. The van der Waals surface area contributed by atoms with Gasteiger partial charge in [0.1, 0.15) is 5.82 Å². The van der Waals surface area contributed by atoms with E-state index < -0.39 is 5.72 Å². The average Bonchev–Trinajstić information content (AvgIpc) is 2.95. The molecule has 4 rings (SSSR count). The van der Waals surface area contributed by atoms with Crippen molar-refractivity contribution in [3.63, 3.8) is 0 Å². The molecule has 6 heteroatoms. The second-order valence-electron chi connectivity index (χ2n) is 6.73. The van der Waals surface area contributed by atoms with Gasteiger partial charge in [0.25, 0.3) is 0 Å². The van der Waals surface area contributed by atoms with E-state index in [4.69, 9.17) is 14.5 Å². The Bertz CT molecular complexity index is 871. The summed E-state index contributed by atoms with van der Waals surface area (Å²) < 4.78 is 27.9. The van der Waals surface area contributed by atoms with Crippen LogP contribution in [0.25, 0.3) is 0 Å². The molecule has 0 spiro atoms. The Kier molecular flexibility index (Phi) is 4.59. The molecule has 1 saturated heterocycles. The van der Waals surface area contributed by atoms with E-state index in [1.54, 1.807) is 12.1 Å². The zero-order valence-electron chi connectivity index (χ0n) is 14.7. The van der Waals surface area contributed by atoms with Crippen LogP contribution in [0.1, 0.15) is 25.0 Å². The lowest BCUT2D eigenvalue weighted by molar-refractivity contribution is -0.0489. The minimum absolute atomic E-state index is 0.0112. The fourth-order valence-corrected chi connectivity index (χ4v) is 4.03. The lowest BCUT2D eigenvalue weighted by Crippen LogP contribution is -2.45.